The fraction of sp³-hybridized carbons (Fsp3) is 0.417. The standard InChI is InChI=1S/C12H16N2O3/c1-4-17-11(15)8-14(3)12(16)10-5-9(2)6-13-7-10/h5-7H,4,8H2,1-3H3. The van der Waals surface area contributed by atoms with E-state index >= 15 is 0 Å². The molecule has 0 saturated heterocycles. The lowest BCUT2D eigenvalue weighted by Crippen LogP contribution is -2.33. The van der Waals surface area contributed by atoms with Crippen molar-refractivity contribution in [1.82, 2.24) is 9.88 Å². The highest BCUT2D eigenvalue weighted by atomic mass is 16.5. The van der Waals surface area contributed by atoms with Crippen LogP contribution in [0.4, 0.5) is 0 Å². The van der Waals surface area contributed by atoms with E-state index in [1.165, 1.54) is 11.1 Å². The number of hydrogen-bond donors (Lipinski definition) is 0. The largest absolute Gasteiger partial charge is 0.465 e. The van der Waals surface area contributed by atoms with E-state index in [-0.39, 0.29) is 12.5 Å². The van der Waals surface area contributed by atoms with Crippen molar-refractivity contribution in [3.63, 3.8) is 0 Å². The van der Waals surface area contributed by atoms with Gasteiger partial charge in [-0.1, -0.05) is 0 Å². The van der Waals surface area contributed by atoms with Crippen molar-refractivity contribution < 1.29 is 14.3 Å². The lowest BCUT2D eigenvalue weighted by molar-refractivity contribution is -0.143. The maximum absolute atomic E-state index is 11.9. The molecule has 0 atom stereocenters. The number of likely N-dealkylation sites (N-methyl/N-ethyl adjacent to an activating group) is 1. The van der Waals surface area contributed by atoms with E-state index in [1.54, 1.807) is 26.2 Å². The molecule has 1 heterocycles. The second kappa shape index (κ2) is 5.98. The van der Waals surface area contributed by atoms with E-state index in [4.69, 9.17) is 4.74 Å². The van der Waals surface area contributed by atoms with Crippen molar-refractivity contribution >= 4 is 11.9 Å². The third-order valence-electron chi connectivity index (χ3n) is 2.14. The number of amides is 1. The van der Waals surface area contributed by atoms with E-state index in [1.807, 2.05) is 6.92 Å². The number of aryl methyl sites for hydroxylation is 1. The number of hydrogen-bond acceptors (Lipinski definition) is 4. The van der Waals surface area contributed by atoms with E-state index in [2.05, 4.69) is 4.98 Å². The monoisotopic (exact) mass is 236 g/mol. The van der Waals surface area contributed by atoms with Gasteiger partial charge in [-0.25, -0.2) is 0 Å². The van der Waals surface area contributed by atoms with Gasteiger partial charge < -0.3 is 9.64 Å². The molecule has 0 saturated carbocycles. The van der Waals surface area contributed by atoms with Gasteiger partial charge in [0.05, 0.1) is 12.2 Å². The topological polar surface area (TPSA) is 59.5 Å². The maximum Gasteiger partial charge on any atom is 0.325 e. The van der Waals surface area contributed by atoms with Gasteiger partial charge in [-0.05, 0) is 25.5 Å². The van der Waals surface area contributed by atoms with E-state index in [9.17, 15) is 9.59 Å². The van der Waals surface area contributed by atoms with Gasteiger partial charge in [0.25, 0.3) is 5.91 Å². The van der Waals surface area contributed by atoms with Crippen molar-refractivity contribution in [2.45, 2.75) is 13.8 Å². The molecule has 1 rings (SSSR count). The number of carbonyl (C=O) groups is 2. The Morgan fingerprint density at radius 3 is 2.71 bits per heavy atom. The molecule has 92 valence electrons. The van der Waals surface area contributed by atoms with Gasteiger partial charge in [-0.15, -0.1) is 0 Å². The molecule has 0 spiro atoms. The molecule has 5 heteroatoms. The van der Waals surface area contributed by atoms with Crippen molar-refractivity contribution in [2.24, 2.45) is 0 Å². The summed E-state index contributed by atoms with van der Waals surface area (Å²) in [5.74, 6) is -0.654. The molecule has 0 fully saturated rings. The minimum Gasteiger partial charge on any atom is -0.465 e. The van der Waals surface area contributed by atoms with Crippen LogP contribution in [0.25, 0.3) is 0 Å². The molecule has 0 N–H and O–H groups in total. The van der Waals surface area contributed by atoms with Crippen LogP contribution in [-0.4, -0.2) is 42.0 Å². The minimum atomic E-state index is -0.413. The van der Waals surface area contributed by atoms with Crippen LogP contribution in [0.3, 0.4) is 0 Å². The van der Waals surface area contributed by atoms with Crippen LogP contribution in [0.15, 0.2) is 18.5 Å². The van der Waals surface area contributed by atoms with Crippen molar-refractivity contribution in [3.05, 3.63) is 29.6 Å². The number of nitrogens with zero attached hydrogens (tertiary/aromatic N) is 2. The Bertz CT molecular complexity index is 418. The summed E-state index contributed by atoms with van der Waals surface area (Å²) < 4.78 is 4.77. The van der Waals surface area contributed by atoms with Crippen molar-refractivity contribution in [3.8, 4) is 0 Å². The molecule has 0 bridgehead atoms. The Labute approximate surface area is 100 Å². The average molecular weight is 236 g/mol. The zero-order valence-corrected chi connectivity index (χ0v) is 10.3. The summed E-state index contributed by atoms with van der Waals surface area (Å²) in [4.78, 5) is 28.4. The van der Waals surface area contributed by atoms with Gasteiger partial charge >= 0.3 is 5.97 Å². The third kappa shape index (κ3) is 3.86. The number of ether oxygens (including phenoxy) is 1. The summed E-state index contributed by atoms with van der Waals surface area (Å²) in [6.07, 6.45) is 3.15. The molecule has 1 aromatic rings. The molecule has 1 amide bonds. The Morgan fingerprint density at radius 2 is 2.12 bits per heavy atom. The summed E-state index contributed by atoms with van der Waals surface area (Å²) in [7, 11) is 1.56. The number of pyridine rings is 1. The summed E-state index contributed by atoms with van der Waals surface area (Å²) in [5.41, 5.74) is 1.37. The summed E-state index contributed by atoms with van der Waals surface area (Å²) in [5, 5.41) is 0. The van der Waals surface area contributed by atoms with E-state index in [0.717, 1.165) is 5.56 Å². The minimum absolute atomic E-state index is 0.0549. The van der Waals surface area contributed by atoms with Crippen molar-refractivity contribution in [1.29, 1.82) is 0 Å². The third-order valence-corrected chi connectivity index (χ3v) is 2.14. The van der Waals surface area contributed by atoms with Gasteiger partial charge in [-0.3, -0.25) is 14.6 Å². The zero-order chi connectivity index (χ0) is 12.8. The Morgan fingerprint density at radius 1 is 1.41 bits per heavy atom. The average Bonchev–Trinajstić information content (AvgIpc) is 2.28. The molecule has 0 aliphatic rings. The molecular formula is C12H16N2O3. The molecule has 0 aromatic carbocycles. The quantitative estimate of drug-likeness (QED) is 0.732. The van der Waals surface area contributed by atoms with Crippen LogP contribution in [-0.2, 0) is 9.53 Å². The van der Waals surface area contributed by atoms with Gasteiger partial charge in [0.2, 0.25) is 0 Å². The predicted molar refractivity (Wildman–Crippen MR) is 62.6 cm³/mol. The SMILES string of the molecule is CCOC(=O)CN(C)C(=O)c1cncc(C)c1. The molecule has 0 unspecified atom stereocenters. The molecule has 0 aliphatic heterocycles. The summed E-state index contributed by atoms with van der Waals surface area (Å²) in [6.45, 7) is 3.84. The highest BCUT2D eigenvalue weighted by Gasteiger charge is 2.15. The van der Waals surface area contributed by atoms with Gasteiger partial charge in [0.1, 0.15) is 6.54 Å². The first-order valence-corrected chi connectivity index (χ1v) is 5.37. The zero-order valence-electron chi connectivity index (χ0n) is 10.3. The highest BCUT2D eigenvalue weighted by molar-refractivity contribution is 5.95. The first-order valence-electron chi connectivity index (χ1n) is 5.37. The fourth-order valence-electron chi connectivity index (χ4n) is 1.36. The number of esters is 1. The fourth-order valence-corrected chi connectivity index (χ4v) is 1.36. The van der Waals surface area contributed by atoms with Crippen LogP contribution in [0, 0.1) is 6.92 Å². The second-order valence-electron chi connectivity index (χ2n) is 3.72. The Hall–Kier alpha value is -1.91. The molecule has 1 aromatic heterocycles. The number of carbonyl (C=O) groups excluding carboxylic acids is 2. The Kier molecular flexibility index (Phi) is 4.63. The molecular weight excluding hydrogens is 220 g/mol. The molecule has 17 heavy (non-hydrogen) atoms. The molecule has 0 radical (unpaired) electrons. The normalized spacial score (nSPS) is 9.82. The van der Waals surface area contributed by atoms with Crippen LogP contribution >= 0.6 is 0 Å². The van der Waals surface area contributed by atoms with Crippen LogP contribution in [0.2, 0.25) is 0 Å². The second-order valence-corrected chi connectivity index (χ2v) is 3.72. The highest BCUT2D eigenvalue weighted by Crippen LogP contribution is 2.04. The first-order chi connectivity index (χ1) is 8.04. The molecule has 5 nitrogen and oxygen atoms in total. The maximum atomic E-state index is 11.9. The molecule has 0 aliphatic carbocycles. The van der Waals surface area contributed by atoms with Gasteiger partial charge in [0.15, 0.2) is 0 Å². The number of rotatable bonds is 4. The predicted octanol–water partition coefficient (Wildman–Crippen LogP) is 1.03. The van der Waals surface area contributed by atoms with Crippen LogP contribution in [0.1, 0.15) is 22.8 Å². The lowest BCUT2D eigenvalue weighted by atomic mass is 10.2. The lowest BCUT2D eigenvalue weighted by Gasteiger charge is -2.15. The summed E-state index contributed by atoms with van der Waals surface area (Å²) >= 11 is 0. The van der Waals surface area contributed by atoms with Crippen molar-refractivity contribution in [2.75, 3.05) is 20.2 Å². The summed E-state index contributed by atoms with van der Waals surface area (Å²) in [6, 6.07) is 1.73. The van der Waals surface area contributed by atoms with Crippen LogP contribution in [0.5, 0.6) is 0 Å². The van der Waals surface area contributed by atoms with Gasteiger partial charge in [0, 0.05) is 19.4 Å². The first kappa shape index (κ1) is 13.2. The smallest absolute Gasteiger partial charge is 0.325 e. The van der Waals surface area contributed by atoms with E-state index in [0.29, 0.717) is 12.2 Å². The Balaban J connectivity index is 2.67. The number of aromatic nitrogens is 1. The van der Waals surface area contributed by atoms with Gasteiger partial charge in [-0.2, -0.15) is 0 Å². The van der Waals surface area contributed by atoms with Crippen LogP contribution < -0.4 is 0 Å². The van der Waals surface area contributed by atoms with E-state index < -0.39 is 5.97 Å².